The van der Waals surface area contributed by atoms with Gasteiger partial charge in [0.05, 0.1) is 25.8 Å². The van der Waals surface area contributed by atoms with Gasteiger partial charge in [-0.15, -0.1) is 0 Å². The third-order valence-electron chi connectivity index (χ3n) is 12.9. The van der Waals surface area contributed by atoms with E-state index in [0.29, 0.717) is 60.7 Å². The van der Waals surface area contributed by atoms with Crippen LogP contribution in [0.25, 0.3) is 10.9 Å². The summed E-state index contributed by atoms with van der Waals surface area (Å²) in [5.41, 5.74) is -2.91. The molecule has 1 saturated heterocycles. The number of methoxy groups -OCH3 is 2. The van der Waals surface area contributed by atoms with Gasteiger partial charge in [0, 0.05) is 30.4 Å². The number of ether oxygens (including phenoxy) is 4. The number of fused-ring (bicyclic) bond motifs is 5. The number of pyridine rings is 1. The minimum absolute atomic E-state index is 0.103. The number of sulfonamides is 1. The summed E-state index contributed by atoms with van der Waals surface area (Å²) in [5, 5.41) is 6.19. The molecule has 3 N–H and O–H groups in total. The molecular weight excluding hydrogens is 829 g/mol. The quantitative estimate of drug-likeness (QED) is 0.245. The Balaban J connectivity index is 1.24. The lowest BCUT2D eigenvalue weighted by Gasteiger charge is -2.37. The summed E-state index contributed by atoms with van der Waals surface area (Å²) in [7, 11) is -1.33. The van der Waals surface area contributed by atoms with E-state index in [4.69, 9.17) is 18.9 Å². The largest absolute Gasteiger partial charge is 0.497 e. The molecule has 1 unspecified atom stereocenters. The van der Waals surface area contributed by atoms with Gasteiger partial charge < -0.3 is 34.5 Å². The van der Waals surface area contributed by atoms with Crippen molar-refractivity contribution in [3.63, 3.8) is 0 Å². The molecule has 1 aromatic carbocycles. The third-order valence-corrected chi connectivity index (χ3v) is 15.0. The van der Waals surface area contributed by atoms with Crippen LogP contribution in [0, 0.1) is 11.3 Å². The highest BCUT2D eigenvalue weighted by Gasteiger charge is 2.64. The van der Waals surface area contributed by atoms with Gasteiger partial charge in [0.1, 0.15) is 45.5 Å². The van der Waals surface area contributed by atoms with E-state index in [-0.39, 0.29) is 56.4 Å². The summed E-state index contributed by atoms with van der Waals surface area (Å²) >= 11 is 0. The fourth-order valence-corrected chi connectivity index (χ4v) is 11.1. The molecule has 3 fully saturated rings. The SMILES string of the molecule is COCC1(S(=O)(=O)NC(=O)[C@@]23C[C@H]2/C=C\CCCCC[C@H](NC(=O)OC(C)CC(C)(C)C)C(=O)N2C[C@@]4(CCc5c(c(C(F)F)nc6ccc(OC)cc56)O4)C[C@H]2C(=O)N3)CC1. The van der Waals surface area contributed by atoms with E-state index in [1.807, 2.05) is 32.9 Å². The molecule has 1 spiro atoms. The molecule has 6 atom stereocenters. The molecule has 1 aromatic heterocycles. The summed E-state index contributed by atoms with van der Waals surface area (Å²) < 4.78 is 80.6. The van der Waals surface area contributed by atoms with Crippen LogP contribution in [-0.2, 0) is 40.3 Å². The number of nitrogens with one attached hydrogen (secondary N) is 3. The summed E-state index contributed by atoms with van der Waals surface area (Å²) in [6, 6.07) is 2.49. The van der Waals surface area contributed by atoms with Gasteiger partial charge in [-0.1, -0.05) is 45.8 Å². The lowest BCUT2D eigenvalue weighted by atomic mass is 9.87. The molecule has 2 aromatic rings. The number of amides is 4. The fraction of sp³-hybridized carbons (Fsp3) is 0.659. The number of carbonyl (C=O) groups excluding carboxylic acids is 4. The number of alkyl halides is 2. The fourth-order valence-electron chi connectivity index (χ4n) is 9.51. The second kappa shape index (κ2) is 17.2. The molecule has 62 heavy (non-hydrogen) atoms. The van der Waals surface area contributed by atoms with Crippen molar-refractivity contribution in [3.8, 4) is 11.5 Å². The molecule has 0 radical (unpaired) electrons. The lowest BCUT2D eigenvalue weighted by molar-refractivity contribution is -0.141. The maximum absolute atomic E-state index is 14.9. The predicted molar refractivity (Wildman–Crippen MR) is 224 cm³/mol. The van der Waals surface area contributed by atoms with E-state index in [1.54, 1.807) is 25.1 Å². The molecule has 3 aliphatic heterocycles. The first-order chi connectivity index (χ1) is 29.2. The Morgan fingerprint density at radius 1 is 1.10 bits per heavy atom. The van der Waals surface area contributed by atoms with Crippen LogP contribution in [0.2, 0.25) is 0 Å². The minimum Gasteiger partial charge on any atom is -0.497 e. The first-order valence-electron chi connectivity index (χ1n) is 21.5. The monoisotopic (exact) mass is 887 g/mol. The molecule has 5 aliphatic rings. The molecule has 15 nitrogen and oxygen atoms in total. The Hall–Kier alpha value is -4.58. The second-order valence-corrected chi connectivity index (χ2v) is 21.1. The van der Waals surface area contributed by atoms with Crippen LogP contribution in [0.3, 0.4) is 0 Å². The van der Waals surface area contributed by atoms with Gasteiger partial charge in [-0.25, -0.2) is 27.0 Å². The smallest absolute Gasteiger partial charge is 0.408 e. The van der Waals surface area contributed by atoms with Gasteiger partial charge in [-0.3, -0.25) is 19.1 Å². The van der Waals surface area contributed by atoms with Crippen molar-refractivity contribution < 1.29 is 55.3 Å². The Labute approximate surface area is 361 Å². The molecule has 4 amide bonds. The van der Waals surface area contributed by atoms with Crippen molar-refractivity contribution in [2.75, 3.05) is 27.4 Å². The third kappa shape index (κ3) is 9.22. The van der Waals surface area contributed by atoms with E-state index < -0.39 is 85.9 Å². The highest BCUT2D eigenvalue weighted by Crippen LogP contribution is 2.50. The predicted octanol–water partition coefficient (Wildman–Crippen LogP) is 5.79. The zero-order valence-electron chi connectivity index (χ0n) is 36.3. The molecule has 7 rings (SSSR count). The minimum atomic E-state index is -4.21. The van der Waals surface area contributed by atoms with Crippen molar-refractivity contribution >= 4 is 44.7 Å². The average molecular weight is 888 g/mol. The van der Waals surface area contributed by atoms with Crippen molar-refractivity contribution in [3.05, 3.63) is 41.6 Å². The maximum atomic E-state index is 14.9. The van der Waals surface area contributed by atoms with E-state index in [2.05, 4.69) is 20.3 Å². The summed E-state index contributed by atoms with van der Waals surface area (Å²) in [6.07, 6.45) is 3.79. The zero-order chi connectivity index (χ0) is 44.8. The van der Waals surface area contributed by atoms with Gasteiger partial charge in [-0.05, 0) is 88.3 Å². The van der Waals surface area contributed by atoms with Crippen LogP contribution in [0.15, 0.2) is 30.4 Å². The first kappa shape index (κ1) is 45.4. The number of aromatic nitrogens is 1. The van der Waals surface area contributed by atoms with Crippen LogP contribution >= 0.6 is 0 Å². The number of carbonyl (C=O) groups is 4. The molecule has 2 aliphatic carbocycles. The normalized spacial score (nSPS) is 28.3. The van der Waals surface area contributed by atoms with Gasteiger partial charge in [0.2, 0.25) is 21.8 Å². The van der Waals surface area contributed by atoms with Crippen LogP contribution in [0.4, 0.5) is 13.6 Å². The Kier molecular flexibility index (Phi) is 12.6. The highest BCUT2D eigenvalue weighted by atomic mass is 32.2. The lowest BCUT2D eigenvalue weighted by Crippen LogP contribution is -2.59. The van der Waals surface area contributed by atoms with Crippen LogP contribution in [0.1, 0.15) is 116 Å². The maximum Gasteiger partial charge on any atom is 0.408 e. The van der Waals surface area contributed by atoms with E-state index in [1.165, 1.54) is 19.1 Å². The van der Waals surface area contributed by atoms with Gasteiger partial charge in [-0.2, -0.15) is 0 Å². The first-order valence-corrected chi connectivity index (χ1v) is 23.0. The zero-order valence-corrected chi connectivity index (χ0v) is 37.1. The van der Waals surface area contributed by atoms with Gasteiger partial charge >= 0.3 is 6.09 Å². The molecule has 4 heterocycles. The number of halogens is 2. The van der Waals surface area contributed by atoms with Crippen LogP contribution in [-0.4, -0.2) is 104 Å². The average Bonchev–Trinajstić information content (AvgIpc) is 4.10. The van der Waals surface area contributed by atoms with Crippen molar-refractivity contribution in [1.82, 2.24) is 25.2 Å². The topological polar surface area (TPSA) is 192 Å². The summed E-state index contributed by atoms with van der Waals surface area (Å²) in [5.74, 6) is -2.45. The van der Waals surface area contributed by atoms with Crippen molar-refractivity contribution in [2.45, 2.75) is 145 Å². The highest BCUT2D eigenvalue weighted by molar-refractivity contribution is 7.91. The molecule has 340 valence electrons. The molecule has 0 bridgehead atoms. The van der Waals surface area contributed by atoms with Crippen molar-refractivity contribution in [2.24, 2.45) is 11.3 Å². The number of hydrogen-bond acceptors (Lipinski definition) is 11. The number of nitrogens with zero attached hydrogens (tertiary/aromatic N) is 2. The Bertz CT molecular complexity index is 2230. The number of allylic oxidation sites excluding steroid dienone is 1. The summed E-state index contributed by atoms with van der Waals surface area (Å²) in [4.78, 5) is 62.9. The number of hydrogen-bond donors (Lipinski definition) is 3. The van der Waals surface area contributed by atoms with E-state index in [9.17, 15) is 36.4 Å². The molecule has 2 saturated carbocycles. The van der Waals surface area contributed by atoms with E-state index in [0.717, 1.165) is 6.42 Å². The number of aryl methyl sites for hydroxylation is 1. The number of rotatable bonds is 10. The van der Waals surface area contributed by atoms with E-state index >= 15 is 0 Å². The Morgan fingerprint density at radius 2 is 1.85 bits per heavy atom. The van der Waals surface area contributed by atoms with Crippen LogP contribution in [0.5, 0.6) is 11.5 Å². The second-order valence-electron chi connectivity index (χ2n) is 19.0. The van der Waals surface area contributed by atoms with Crippen LogP contribution < -0.4 is 24.8 Å². The molecular formula is C44H59F2N5O10S. The Morgan fingerprint density at radius 3 is 2.53 bits per heavy atom. The molecule has 18 heteroatoms. The number of alkyl carbamates (subject to hydrolysis) is 1. The van der Waals surface area contributed by atoms with Gasteiger partial charge in [0.25, 0.3) is 12.3 Å². The van der Waals surface area contributed by atoms with Gasteiger partial charge in [0.15, 0.2) is 5.75 Å². The number of benzene rings is 1. The summed E-state index contributed by atoms with van der Waals surface area (Å²) in [6.45, 7) is 7.50. The standard InChI is InChI=1S/C44H59F2N5O10S/c1-26(21-41(2,3)4)60-40(55)48-32-13-11-9-7-8-10-12-27-22-44(27,39(54)50-62(56,57)43(18-19-43)25-58-5)49-37(52)33-23-42(24-51(33)38(32)53)17-16-29-30-20-28(59-6)14-15-31(30)47-34(36(45)46)35(29)61-42/h10,12,14-15,20,26-27,32-33,36H,7-9,11,13,16-19,21-25H2,1-6H3,(H,48,55)(H,49,52)(H,50,54)/b12-10-/t26?,27-,32+,33+,42-,44-/m1/s1. The van der Waals surface area contributed by atoms with Crippen molar-refractivity contribution in [1.29, 1.82) is 0 Å².